The lowest BCUT2D eigenvalue weighted by Gasteiger charge is -2.32. The molecule has 6 heteroatoms. The van der Waals surface area contributed by atoms with Crippen molar-refractivity contribution in [2.45, 2.75) is 0 Å². The minimum absolute atomic E-state index is 0.650. The van der Waals surface area contributed by atoms with Crippen LogP contribution in [0.4, 0.5) is 0 Å². The first-order valence-corrected chi connectivity index (χ1v) is 25.5. The van der Waals surface area contributed by atoms with Crippen LogP contribution in [0.3, 0.4) is 0 Å². The summed E-state index contributed by atoms with van der Waals surface area (Å²) in [6.07, 6.45) is 0. The van der Waals surface area contributed by atoms with Gasteiger partial charge in [0.1, 0.15) is 5.45 Å². The van der Waals surface area contributed by atoms with E-state index in [0.717, 1.165) is 65.6 Å². The maximum absolute atomic E-state index is 5.76. The van der Waals surface area contributed by atoms with Crippen molar-refractivity contribution in [3.8, 4) is 11.4 Å². The minimum atomic E-state index is -3.18. The summed E-state index contributed by atoms with van der Waals surface area (Å²) in [4.78, 5) is 17.0. The summed E-state index contributed by atoms with van der Waals surface area (Å²) in [6, 6.07) is 90.1. The van der Waals surface area contributed by atoms with Crippen LogP contribution in [0.25, 0.3) is 98.6 Å². The summed E-state index contributed by atoms with van der Waals surface area (Å²) in [6.45, 7) is 0. The molecule has 0 aliphatic heterocycles. The molecule has 0 aliphatic carbocycles. The fourth-order valence-electron chi connectivity index (χ4n) is 11.3. The third-order valence-electron chi connectivity index (χ3n) is 14.2. The molecule has 0 spiro atoms. The van der Waals surface area contributed by atoms with E-state index in [2.05, 4.69) is 258 Å². The zero-order chi connectivity index (χ0) is 45.5. The number of hydrogen-bond donors (Lipinski definition) is 0. The van der Waals surface area contributed by atoms with Gasteiger partial charge in [-0.05, 0) is 86.3 Å². The molecule has 69 heavy (non-hydrogen) atoms. The largest absolute Gasteiger partial charge is 0.309 e. The predicted molar refractivity (Wildman–Crippen MR) is 291 cm³/mol. The van der Waals surface area contributed by atoms with Crippen molar-refractivity contribution < 1.29 is 0 Å². The van der Waals surface area contributed by atoms with Crippen LogP contribution in [0.15, 0.2) is 249 Å². The van der Waals surface area contributed by atoms with Crippen LogP contribution in [-0.2, 0) is 0 Å². The normalized spacial score (nSPS) is 12.1. The van der Waals surface area contributed by atoms with Crippen molar-refractivity contribution in [1.29, 1.82) is 0 Å². The topological polar surface area (TPSA) is 48.5 Å². The van der Waals surface area contributed by atoms with Gasteiger partial charge in [0.25, 0.3) is 0 Å². The molecule has 14 rings (SSSR count). The van der Waals surface area contributed by atoms with E-state index < -0.39 is 8.07 Å². The van der Waals surface area contributed by atoms with Crippen molar-refractivity contribution in [1.82, 2.24) is 24.1 Å². The lowest BCUT2D eigenvalue weighted by Crippen LogP contribution is -2.76. The van der Waals surface area contributed by atoms with Crippen LogP contribution >= 0.6 is 0 Å². The second-order valence-corrected chi connectivity index (χ2v) is 21.6. The number of benzene rings is 10. The number of rotatable bonds is 6. The summed E-state index contributed by atoms with van der Waals surface area (Å²) in [5, 5.41) is 14.7. The molecule has 10 aromatic carbocycles. The number of aromatic nitrogens is 5. The maximum Gasteiger partial charge on any atom is 0.226 e. The Balaban J connectivity index is 1.18. The van der Waals surface area contributed by atoms with Gasteiger partial charge in [-0.2, -0.15) is 0 Å². The first kappa shape index (κ1) is 39.2. The van der Waals surface area contributed by atoms with Crippen LogP contribution in [0.2, 0.25) is 0 Å². The Labute approximate surface area is 398 Å². The van der Waals surface area contributed by atoms with Crippen LogP contribution in [-0.4, -0.2) is 32.2 Å². The van der Waals surface area contributed by atoms with Gasteiger partial charge in [-0.1, -0.05) is 194 Å². The molecule has 14 aromatic rings. The van der Waals surface area contributed by atoms with E-state index in [0.29, 0.717) is 11.3 Å². The fourth-order valence-corrected chi connectivity index (χ4v) is 15.7. The maximum atomic E-state index is 5.76. The van der Waals surface area contributed by atoms with Gasteiger partial charge in [0.2, 0.25) is 8.07 Å². The highest BCUT2D eigenvalue weighted by Crippen LogP contribution is 2.41. The van der Waals surface area contributed by atoms with Crippen molar-refractivity contribution in [2.75, 3.05) is 0 Å². The first-order valence-electron chi connectivity index (χ1n) is 23.5. The molecule has 4 heterocycles. The molecule has 5 nitrogen and oxygen atoms in total. The van der Waals surface area contributed by atoms with Gasteiger partial charge in [-0.15, -0.1) is 0 Å². The molecule has 0 N–H and O–H groups in total. The van der Waals surface area contributed by atoms with E-state index in [1.54, 1.807) is 0 Å². The molecular formula is C63H41N5Si. The van der Waals surface area contributed by atoms with E-state index in [4.69, 9.17) is 15.0 Å². The second-order valence-electron chi connectivity index (χ2n) is 17.9. The third-order valence-corrected chi connectivity index (χ3v) is 18.7. The quantitative estimate of drug-likeness (QED) is 0.123. The number of nitrogens with zero attached hydrogens (tertiary/aromatic N) is 5. The van der Waals surface area contributed by atoms with E-state index in [-0.39, 0.29) is 0 Å². The van der Waals surface area contributed by atoms with Crippen LogP contribution in [0, 0.1) is 0 Å². The Hall–Kier alpha value is -8.97. The van der Waals surface area contributed by atoms with E-state index >= 15 is 0 Å². The lowest BCUT2D eigenvalue weighted by atomic mass is 10.00. The Morgan fingerprint density at radius 2 is 0.696 bits per heavy atom. The zero-order valence-electron chi connectivity index (χ0n) is 37.4. The molecular weight excluding hydrogens is 855 g/mol. The highest BCUT2D eigenvalue weighted by molar-refractivity contribution is 7.19. The minimum Gasteiger partial charge on any atom is -0.309 e. The van der Waals surface area contributed by atoms with Gasteiger partial charge >= 0.3 is 0 Å². The van der Waals surface area contributed by atoms with Gasteiger partial charge in [0, 0.05) is 49.1 Å². The number of fused-ring (bicyclic) bond motifs is 17. The summed E-state index contributed by atoms with van der Waals surface area (Å²) in [7, 11) is -3.18. The van der Waals surface area contributed by atoms with E-state index in [1.807, 2.05) is 0 Å². The Bertz CT molecular complexity index is 4210. The molecule has 0 saturated heterocycles. The highest BCUT2D eigenvalue weighted by Gasteiger charge is 2.45. The molecule has 322 valence electrons. The summed E-state index contributed by atoms with van der Waals surface area (Å²) < 4.78 is 4.87. The number of para-hydroxylation sites is 3. The summed E-state index contributed by atoms with van der Waals surface area (Å²) in [5.41, 5.74) is 8.93. The molecule has 0 fully saturated rings. The van der Waals surface area contributed by atoms with E-state index in [1.165, 1.54) is 42.8 Å². The molecule has 4 aromatic heterocycles. The SMILES string of the molecule is c1ccc(-n2c3ccc(-n4c5ccccc5c5ccccc54)cc3c3cc4cc(c5ccccc5c5nc([Si](c6ccccc6)(c6ccccc6)c6ccccc6)nc(n5)c5ccccc45)c32)cc1. The predicted octanol–water partition coefficient (Wildman–Crippen LogP) is 12.6. The van der Waals surface area contributed by atoms with E-state index in [9.17, 15) is 0 Å². The van der Waals surface area contributed by atoms with Crippen molar-refractivity contribution >= 4 is 116 Å². The smallest absolute Gasteiger partial charge is 0.226 e. The van der Waals surface area contributed by atoms with Gasteiger partial charge in [-0.3, -0.25) is 0 Å². The Kier molecular flexibility index (Phi) is 8.84. The molecule has 0 saturated carbocycles. The molecule has 0 amide bonds. The lowest BCUT2D eigenvalue weighted by molar-refractivity contribution is 1.17. The highest BCUT2D eigenvalue weighted by atomic mass is 28.3. The zero-order valence-corrected chi connectivity index (χ0v) is 38.4. The van der Waals surface area contributed by atoms with Gasteiger partial charge < -0.3 is 9.13 Å². The van der Waals surface area contributed by atoms with Gasteiger partial charge in [0.15, 0.2) is 11.3 Å². The van der Waals surface area contributed by atoms with Crippen molar-refractivity contribution in [3.63, 3.8) is 0 Å². The van der Waals surface area contributed by atoms with Crippen molar-refractivity contribution in [3.05, 3.63) is 249 Å². The van der Waals surface area contributed by atoms with Crippen LogP contribution in [0.5, 0.6) is 0 Å². The fraction of sp³-hybridized carbons (Fsp3) is 0. The van der Waals surface area contributed by atoms with Gasteiger partial charge in [-0.25, -0.2) is 15.0 Å². The molecule has 0 aliphatic rings. The average Bonchev–Trinajstić information content (AvgIpc) is 3.94. The Morgan fingerprint density at radius 1 is 0.275 bits per heavy atom. The Morgan fingerprint density at radius 3 is 1.25 bits per heavy atom. The number of hydrogen-bond acceptors (Lipinski definition) is 3. The molecule has 0 unspecified atom stereocenters. The molecule has 0 atom stereocenters. The monoisotopic (exact) mass is 895 g/mol. The summed E-state index contributed by atoms with van der Waals surface area (Å²) in [5.74, 6) is 0. The second kappa shape index (κ2) is 15.6. The standard InChI is InChI=1S/C63H41N5Si/c1-5-21-43(22-6-1)68-59-38-37-44(67-57-35-19-17-31-50(57)51-32-18-20-36-58(51)67)41-54(59)56-40-42-39-55(60(56)68)49-30-14-16-34-53(49)62-64-61(52-33-15-13-29-48(42)52)65-63(66-62)69(45-23-7-2-8-24-45,46-25-9-3-10-26-46)47-27-11-4-12-28-47/h1-41H. The molecule has 4 bridgehead atoms. The van der Waals surface area contributed by atoms with Crippen LogP contribution in [0.1, 0.15) is 0 Å². The summed E-state index contributed by atoms with van der Waals surface area (Å²) >= 11 is 0. The van der Waals surface area contributed by atoms with Gasteiger partial charge in [0.05, 0.1) is 22.1 Å². The van der Waals surface area contributed by atoms with Crippen LogP contribution < -0.4 is 21.0 Å². The molecule has 0 radical (unpaired) electrons. The first-order chi connectivity index (χ1) is 34.2. The average molecular weight is 896 g/mol. The third kappa shape index (κ3) is 5.92. The van der Waals surface area contributed by atoms with Crippen molar-refractivity contribution in [2.24, 2.45) is 0 Å².